The van der Waals surface area contributed by atoms with Crippen LogP contribution in [0.15, 0.2) is 53.9 Å². The number of rotatable bonds is 6. The molecule has 0 bridgehead atoms. The van der Waals surface area contributed by atoms with Crippen LogP contribution in [0.2, 0.25) is 5.02 Å². The van der Waals surface area contributed by atoms with Gasteiger partial charge in [-0.05, 0) is 49.7 Å². The minimum Gasteiger partial charge on any atom is -0.487 e. The SMILES string of the molecule is Cc1nc(COc2ccc(C(=O)NC(C)c3ccccc3Cl)cc2)cs1. The van der Waals surface area contributed by atoms with Crippen LogP contribution in [0.5, 0.6) is 5.75 Å². The van der Waals surface area contributed by atoms with Crippen molar-refractivity contribution in [2.75, 3.05) is 0 Å². The Morgan fingerprint density at radius 2 is 1.96 bits per heavy atom. The van der Waals surface area contributed by atoms with Gasteiger partial charge in [0.1, 0.15) is 12.4 Å². The number of carbonyl (C=O) groups excluding carboxylic acids is 1. The van der Waals surface area contributed by atoms with Crippen LogP contribution >= 0.6 is 22.9 Å². The molecule has 1 atom stereocenters. The van der Waals surface area contributed by atoms with Gasteiger partial charge >= 0.3 is 0 Å². The van der Waals surface area contributed by atoms with Crippen LogP contribution in [0.4, 0.5) is 0 Å². The zero-order valence-electron chi connectivity index (χ0n) is 14.5. The molecule has 1 aromatic heterocycles. The zero-order chi connectivity index (χ0) is 18.5. The Balaban J connectivity index is 1.59. The number of benzene rings is 2. The van der Waals surface area contributed by atoms with Crippen molar-refractivity contribution in [3.63, 3.8) is 0 Å². The quantitative estimate of drug-likeness (QED) is 0.635. The molecule has 134 valence electrons. The largest absolute Gasteiger partial charge is 0.487 e. The maximum Gasteiger partial charge on any atom is 0.251 e. The first kappa shape index (κ1) is 18.4. The highest BCUT2D eigenvalue weighted by atomic mass is 35.5. The summed E-state index contributed by atoms with van der Waals surface area (Å²) in [7, 11) is 0. The molecule has 6 heteroatoms. The first-order chi connectivity index (χ1) is 12.5. The average Bonchev–Trinajstić information content (AvgIpc) is 3.06. The number of nitrogens with zero attached hydrogens (tertiary/aromatic N) is 1. The van der Waals surface area contributed by atoms with Crippen LogP contribution in [0.1, 0.15) is 39.6 Å². The molecule has 1 N–H and O–H groups in total. The van der Waals surface area contributed by atoms with Crippen molar-refractivity contribution in [2.45, 2.75) is 26.5 Å². The number of halogens is 1. The number of carbonyl (C=O) groups is 1. The summed E-state index contributed by atoms with van der Waals surface area (Å²) in [4.78, 5) is 16.8. The maximum atomic E-state index is 12.4. The Bertz CT molecular complexity index is 893. The molecule has 0 spiro atoms. The molecule has 0 aliphatic heterocycles. The molecule has 1 heterocycles. The summed E-state index contributed by atoms with van der Waals surface area (Å²) >= 11 is 7.78. The van der Waals surface area contributed by atoms with E-state index in [0.717, 1.165) is 16.3 Å². The molecule has 0 saturated carbocycles. The van der Waals surface area contributed by atoms with Gasteiger partial charge in [-0.3, -0.25) is 4.79 Å². The van der Waals surface area contributed by atoms with Gasteiger partial charge in [0, 0.05) is 16.0 Å². The van der Waals surface area contributed by atoms with Gasteiger partial charge in [0.2, 0.25) is 0 Å². The van der Waals surface area contributed by atoms with Crippen molar-refractivity contribution in [1.29, 1.82) is 0 Å². The minimum atomic E-state index is -0.181. The van der Waals surface area contributed by atoms with Crippen molar-refractivity contribution in [2.24, 2.45) is 0 Å². The number of ether oxygens (including phenoxy) is 1. The lowest BCUT2D eigenvalue weighted by Crippen LogP contribution is -2.26. The molecule has 3 aromatic rings. The van der Waals surface area contributed by atoms with Gasteiger partial charge in [-0.25, -0.2) is 4.98 Å². The fourth-order valence-electron chi connectivity index (χ4n) is 2.52. The monoisotopic (exact) mass is 386 g/mol. The summed E-state index contributed by atoms with van der Waals surface area (Å²) in [5, 5.41) is 6.60. The average molecular weight is 387 g/mol. The predicted molar refractivity (Wildman–Crippen MR) is 105 cm³/mol. The van der Waals surface area contributed by atoms with Crippen LogP contribution in [-0.4, -0.2) is 10.9 Å². The molecular weight excluding hydrogens is 368 g/mol. The van der Waals surface area contributed by atoms with Gasteiger partial charge in [-0.2, -0.15) is 0 Å². The molecular formula is C20H19ClN2O2S. The van der Waals surface area contributed by atoms with Crippen molar-refractivity contribution >= 4 is 28.8 Å². The second kappa shape index (κ2) is 8.34. The lowest BCUT2D eigenvalue weighted by molar-refractivity contribution is 0.0940. The normalized spacial score (nSPS) is 11.8. The molecule has 0 radical (unpaired) electrons. The number of amides is 1. The Kier molecular flexibility index (Phi) is 5.91. The minimum absolute atomic E-state index is 0.154. The lowest BCUT2D eigenvalue weighted by atomic mass is 10.1. The van der Waals surface area contributed by atoms with Crippen LogP contribution < -0.4 is 10.1 Å². The summed E-state index contributed by atoms with van der Waals surface area (Å²) in [6.07, 6.45) is 0. The molecule has 4 nitrogen and oxygen atoms in total. The second-order valence-electron chi connectivity index (χ2n) is 5.89. The third kappa shape index (κ3) is 4.62. The Labute approximate surface area is 161 Å². The number of hydrogen-bond acceptors (Lipinski definition) is 4. The van der Waals surface area contributed by atoms with E-state index in [4.69, 9.17) is 16.3 Å². The molecule has 26 heavy (non-hydrogen) atoms. The van der Waals surface area contributed by atoms with Crippen molar-refractivity contribution < 1.29 is 9.53 Å². The number of aromatic nitrogens is 1. The highest BCUT2D eigenvalue weighted by Gasteiger charge is 2.13. The second-order valence-corrected chi connectivity index (χ2v) is 7.36. The van der Waals surface area contributed by atoms with Crippen molar-refractivity contribution in [3.05, 3.63) is 80.8 Å². The summed E-state index contributed by atoms with van der Waals surface area (Å²) in [6.45, 7) is 4.29. The standard InChI is InChI=1S/C20H19ClN2O2S/c1-13(18-5-3-4-6-19(18)21)22-20(24)15-7-9-17(10-8-15)25-11-16-12-26-14(2)23-16/h3-10,12-13H,11H2,1-2H3,(H,22,24). The molecule has 3 rings (SSSR count). The molecule has 0 saturated heterocycles. The van der Waals surface area contributed by atoms with Gasteiger partial charge < -0.3 is 10.1 Å². The first-order valence-corrected chi connectivity index (χ1v) is 9.48. The van der Waals surface area contributed by atoms with Crippen LogP contribution in [0.25, 0.3) is 0 Å². The summed E-state index contributed by atoms with van der Waals surface area (Å²) in [5.41, 5.74) is 2.37. The molecule has 0 fully saturated rings. The highest BCUT2D eigenvalue weighted by Crippen LogP contribution is 2.23. The van der Waals surface area contributed by atoms with E-state index in [0.29, 0.717) is 22.9 Å². The smallest absolute Gasteiger partial charge is 0.251 e. The van der Waals surface area contributed by atoms with Gasteiger partial charge in [0.25, 0.3) is 5.91 Å². The van der Waals surface area contributed by atoms with E-state index in [1.54, 1.807) is 35.6 Å². The number of nitrogens with one attached hydrogen (secondary N) is 1. The third-order valence-corrected chi connectivity index (χ3v) is 5.06. The summed E-state index contributed by atoms with van der Waals surface area (Å²) < 4.78 is 5.70. The summed E-state index contributed by atoms with van der Waals surface area (Å²) in [5.74, 6) is 0.547. The van der Waals surface area contributed by atoms with E-state index in [-0.39, 0.29) is 11.9 Å². The maximum absolute atomic E-state index is 12.4. The van der Waals surface area contributed by atoms with E-state index < -0.39 is 0 Å². The Hall–Kier alpha value is -2.37. The third-order valence-electron chi connectivity index (χ3n) is 3.89. The van der Waals surface area contributed by atoms with Crippen LogP contribution in [0.3, 0.4) is 0 Å². The number of thiazole rings is 1. The van der Waals surface area contributed by atoms with Gasteiger partial charge in [-0.1, -0.05) is 29.8 Å². The Morgan fingerprint density at radius 3 is 2.62 bits per heavy atom. The van der Waals surface area contributed by atoms with Gasteiger partial charge in [0.05, 0.1) is 16.7 Å². The van der Waals surface area contributed by atoms with E-state index in [2.05, 4.69) is 10.3 Å². The zero-order valence-corrected chi connectivity index (χ0v) is 16.1. The molecule has 1 amide bonds. The fourth-order valence-corrected chi connectivity index (χ4v) is 3.42. The molecule has 0 aliphatic rings. The van der Waals surface area contributed by atoms with E-state index in [1.807, 2.05) is 43.5 Å². The topological polar surface area (TPSA) is 51.2 Å². The van der Waals surface area contributed by atoms with Gasteiger partial charge in [-0.15, -0.1) is 11.3 Å². The van der Waals surface area contributed by atoms with Gasteiger partial charge in [0.15, 0.2) is 0 Å². The van der Waals surface area contributed by atoms with Crippen molar-refractivity contribution in [1.82, 2.24) is 10.3 Å². The number of hydrogen-bond donors (Lipinski definition) is 1. The van der Waals surface area contributed by atoms with Crippen LogP contribution in [-0.2, 0) is 6.61 Å². The van der Waals surface area contributed by atoms with Crippen LogP contribution in [0, 0.1) is 6.92 Å². The molecule has 1 unspecified atom stereocenters. The number of aryl methyl sites for hydroxylation is 1. The predicted octanol–water partition coefficient (Wildman–Crippen LogP) is 5.17. The highest BCUT2D eigenvalue weighted by molar-refractivity contribution is 7.09. The molecule has 0 aliphatic carbocycles. The van der Waals surface area contributed by atoms with Crippen molar-refractivity contribution in [3.8, 4) is 5.75 Å². The Morgan fingerprint density at radius 1 is 1.23 bits per heavy atom. The molecule has 2 aromatic carbocycles. The lowest BCUT2D eigenvalue weighted by Gasteiger charge is -2.16. The summed E-state index contributed by atoms with van der Waals surface area (Å²) in [6, 6.07) is 14.4. The van der Waals surface area contributed by atoms with E-state index >= 15 is 0 Å². The van der Waals surface area contributed by atoms with E-state index in [9.17, 15) is 4.79 Å². The first-order valence-electron chi connectivity index (χ1n) is 8.22. The van der Waals surface area contributed by atoms with E-state index in [1.165, 1.54) is 0 Å². The fraction of sp³-hybridized carbons (Fsp3) is 0.200.